The zero-order valence-corrected chi connectivity index (χ0v) is 22.6. The van der Waals surface area contributed by atoms with Crippen LogP contribution in [-0.2, 0) is 12.0 Å². The van der Waals surface area contributed by atoms with E-state index >= 15 is 0 Å². The van der Waals surface area contributed by atoms with E-state index < -0.39 is 5.41 Å². The molecule has 2 N–H and O–H groups in total. The molecule has 0 radical (unpaired) electrons. The van der Waals surface area contributed by atoms with E-state index in [-0.39, 0.29) is 5.91 Å². The lowest BCUT2D eigenvalue weighted by atomic mass is 9.85. The molecule has 40 heavy (non-hydrogen) atoms. The van der Waals surface area contributed by atoms with E-state index in [1.165, 1.54) is 6.33 Å². The number of aromatic nitrogens is 2. The summed E-state index contributed by atoms with van der Waals surface area (Å²) in [6, 6.07) is 30.9. The van der Waals surface area contributed by atoms with E-state index in [2.05, 4.69) is 26.7 Å². The molecule has 0 fully saturated rings. The van der Waals surface area contributed by atoms with Gasteiger partial charge in [-0.25, -0.2) is 9.97 Å². The highest BCUT2D eigenvalue weighted by atomic mass is 16.5. The molecule has 0 aliphatic carbocycles. The van der Waals surface area contributed by atoms with Gasteiger partial charge in [0.1, 0.15) is 24.5 Å². The standard InChI is InChI=1S/C33H29N5O2/c1-22-12-13-26(37-32(39)24-10-7-11-25(16-24)33(2,3)20-34)17-29(22)38-31-28-15-14-27(18-30(28)35-21-36-31)40-19-23-8-5-4-6-9-23/h4-18,21H,19H2,1-3H3,(H,37,39)(H,35,36,38). The summed E-state index contributed by atoms with van der Waals surface area (Å²) in [6.07, 6.45) is 1.52. The Hall–Kier alpha value is -5.22. The van der Waals surface area contributed by atoms with Crippen molar-refractivity contribution in [2.45, 2.75) is 32.8 Å². The number of anilines is 3. The van der Waals surface area contributed by atoms with Crippen LogP contribution in [0.5, 0.6) is 5.75 Å². The molecule has 0 saturated carbocycles. The Morgan fingerprint density at radius 2 is 1.77 bits per heavy atom. The van der Waals surface area contributed by atoms with Gasteiger partial charge < -0.3 is 15.4 Å². The smallest absolute Gasteiger partial charge is 0.255 e. The van der Waals surface area contributed by atoms with Crippen LogP contribution in [0.2, 0.25) is 0 Å². The van der Waals surface area contributed by atoms with Crippen molar-refractivity contribution in [3.63, 3.8) is 0 Å². The van der Waals surface area contributed by atoms with Crippen LogP contribution in [0.3, 0.4) is 0 Å². The van der Waals surface area contributed by atoms with E-state index in [0.717, 1.165) is 39.0 Å². The highest BCUT2D eigenvalue weighted by molar-refractivity contribution is 6.04. The molecule has 0 atom stereocenters. The second-order valence-corrected chi connectivity index (χ2v) is 10.1. The molecular formula is C33H29N5O2. The normalized spacial score (nSPS) is 11.1. The summed E-state index contributed by atoms with van der Waals surface area (Å²) in [5.41, 5.74) is 4.87. The maximum absolute atomic E-state index is 13.0. The number of benzene rings is 4. The van der Waals surface area contributed by atoms with Crippen LogP contribution in [-0.4, -0.2) is 15.9 Å². The molecule has 198 valence electrons. The molecule has 1 amide bonds. The number of hydrogen-bond acceptors (Lipinski definition) is 6. The van der Waals surface area contributed by atoms with Crippen LogP contribution in [0.15, 0.2) is 97.3 Å². The number of nitriles is 1. The molecular weight excluding hydrogens is 498 g/mol. The highest BCUT2D eigenvalue weighted by Gasteiger charge is 2.21. The number of carbonyl (C=O) groups is 1. The molecule has 0 unspecified atom stereocenters. The molecule has 7 nitrogen and oxygen atoms in total. The van der Waals surface area contributed by atoms with Crippen LogP contribution < -0.4 is 15.4 Å². The summed E-state index contributed by atoms with van der Waals surface area (Å²) in [4.78, 5) is 21.9. The number of nitrogens with zero attached hydrogens (tertiary/aromatic N) is 3. The fraction of sp³-hybridized carbons (Fsp3) is 0.152. The minimum atomic E-state index is -0.688. The fourth-order valence-electron chi connectivity index (χ4n) is 4.25. The summed E-state index contributed by atoms with van der Waals surface area (Å²) in [6.45, 7) is 6.12. The van der Waals surface area contributed by atoms with Gasteiger partial charge in [-0.05, 0) is 73.9 Å². The highest BCUT2D eigenvalue weighted by Crippen LogP contribution is 2.30. The number of amides is 1. The van der Waals surface area contributed by atoms with Crippen LogP contribution in [0.4, 0.5) is 17.2 Å². The lowest BCUT2D eigenvalue weighted by molar-refractivity contribution is 0.102. The molecule has 1 heterocycles. The number of ether oxygens (including phenoxy) is 1. The van der Waals surface area contributed by atoms with Crippen molar-refractivity contribution in [3.8, 4) is 11.8 Å². The number of hydrogen-bond donors (Lipinski definition) is 2. The van der Waals surface area contributed by atoms with Gasteiger partial charge in [-0.2, -0.15) is 5.26 Å². The molecule has 0 spiro atoms. The Morgan fingerprint density at radius 3 is 2.58 bits per heavy atom. The zero-order chi connectivity index (χ0) is 28.1. The van der Waals surface area contributed by atoms with Gasteiger partial charge >= 0.3 is 0 Å². The molecule has 1 aromatic heterocycles. The van der Waals surface area contributed by atoms with Crippen LogP contribution in [0.1, 0.15) is 40.9 Å². The molecule has 4 aromatic carbocycles. The average Bonchev–Trinajstić information content (AvgIpc) is 2.98. The largest absolute Gasteiger partial charge is 0.489 e. The van der Waals surface area contributed by atoms with Crippen molar-refractivity contribution in [2.24, 2.45) is 0 Å². The van der Waals surface area contributed by atoms with Gasteiger partial charge in [0.2, 0.25) is 0 Å². The first-order valence-electron chi connectivity index (χ1n) is 12.9. The third-order valence-electron chi connectivity index (χ3n) is 6.73. The molecule has 0 aliphatic heterocycles. The summed E-state index contributed by atoms with van der Waals surface area (Å²) < 4.78 is 5.96. The van der Waals surface area contributed by atoms with Crippen LogP contribution in [0, 0.1) is 18.3 Å². The van der Waals surface area contributed by atoms with Crippen molar-refractivity contribution in [3.05, 3.63) is 120 Å². The number of nitrogens with one attached hydrogen (secondary N) is 2. The second kappa shape index (κ2) is 11.3. The van der Waals surface area contributed by atoms with Gasteiger partial charge in [0, 0.05) is 28.4 Å². The van der Waals surface area contributed by atoms with Crippen molar-refractivity contribution >= 4 is 34.0 Å². The predicted molar refractivity (Wildman–Crippen MR) is 158 cm³/mol. The van der Waals surface area contributed by atoms with Gasteiger partial charge in [-0.3, -0.25) is 4.79 Å². The van der Waals surface area contributed by atoms with Gasteiger partial charge in [-0.1, -0.05) is 48.5 Å². The molecule has 5 rings (SSSR count). The Balaban J connectivity index is 1.34. The summed E-state index contributed by atoms with van der Waals surface area (Å²) in [7, 11) is 0. The minimum Gasteiger partial charge on any atom is -0.489 e. The Morgan fingerprint density at radius 1 is 0.950 bits per heavy atom. The SMILES string of the molecule is Cc1ccc(NC(=O)c2cccc(C(C)(C)C#N)c2)cc1Nc1ncnc2cc(OCc3ccccc3)ccc12. The van der Waals surface area contributed by atoms with Gasteiger partial charge in [-0.15, -0.1) is 0 Å². The molecule has 5 aromatic rings. The first-order valence-corrected chi connectivity index (χ1v) is 12.9. The summed E-state index contributed by atoms with van der Waals surface area (Å²) >= 11 is 0. The van der Waals surface area contributed by atoms with Gasteiger partial charge in [0.25, 0.3) is 5.91 Å². The second-order valence-electron chi connectivity index (χ2n) is 10.1. The summed E-state index contributed by atoms with van der Waals surface area (Å²) in [5, 5.41) is 16.7. The maximum Gasteiger partial charge on any atom is 0.255 e. The third-order valence-corrected chi connectivity index (χ3v) is 6.73. The zero-order valence-electron chi connectivity index (χ0n) is 22.6. The van der Waals surface area contributed by atoms with E-state index in [1.54, 1.807) is 18.2 Å². The topological polar surface area (TPSA) is 99.9 Å². The maximum atomic E-state index is 13.0. The van der Waals surface area contributed by atoms with Crippen molar-refractivity contribution < 1.29 is 9.53 Å². The van der Waals surface area contributed by atoms with Crippen molar-refractivity contribution in [1.29, 1.82) is 5.26 Å². The van der Waals surface area contributed by atoms with Crippen molar-refractivity contribution in [2.75, 3.05) is 10.6 Å². The molecule has 0 aliphatic rings. The van der Waals surface area contributed by atoms with Crippen LogP contribution >= 0.6 is 0 Å². The van der Waals surface area contributed by atoms with Gasteiger partial charge in [0.15, 0.2) is 0 Å². The third kappa shape index (κ3) is 5.92. The first-order chi connectivity index (χ1) is 19.3. The first kappa shape index (κ1) is 26.4. The monoisotopic (exact) mass is 527 g/mol. The van der Waals surface area contributed by atoms with E-state index in [1.807, 2.05) is 93.6 Å². The molecule has 7 heteroatoms. The minimum absolute atomic E-state index is 0.249. The number of rotatable bonds is 8. The number of aryl methyl sites for hydroxylation is 1. The molecule has 0 saturated heterocycles. The quantitative estimate of drug-likeness (QED) is 0.219. The number of fused-ring (bicyclic) bond motifs is 1. The predicted octanol–water partition coefficient (Wildman–Crippen LogP) is 7.31. The average molecular weight is 528 g/mol. The Bertz CT molecular complexity index is 1720. The fourth-order valence-corrected chi connectivity index (χ4v) is 4.25. The Labute approximate surface area is 233 Å². The lowest BCUT2D eigenvalue weighted by Gasteiger charge is -2.17. The molecule has 0 bridgehead atoms. The van der Waals surface area contributed by atoms with Crippen LogP contribution in [0.25, 0.3) is 10.9 Å². The van der Waals surface area contributed by atoms with Crippen molar-refractivity contribution in [1.82, 2.24) is 9.97 Å². The van der Waals surface area contributed by atoms with E-state index in [9.17, 15) is 10.1 Å². The lowest BCUT2D eigenvalue weighted by Crippen LogP contribution is -2.17. The number of carbonyl (C=O) groups excluding carboxylic acids is 1. The summed E-state index contributed by atoms with van der Waals surface area (Å²) in [5.74, 6) is 1.13. The Kier molecular flexibility index (Phi) is 7.43. The van der Waals surface area contributed by atoms with Gasteiger partial charge in [0.05, 0.1) is 17.0 Å². The van der Waals surface area contributed by atoms with E-state index in [4.69, 9.17) is 4.74 Å². The van der Waals surface area contributed by atoms with E-state index in [0.29, 0.717) is 23.7 Å².